The van der Waals surface area contributed by atoms with Crippen LogP contribution in [0.25, 0.3) is 11.3 Å². The molecule has 7 heteroatoms. The molecule has 0 amide bonds. The molecule has 3 aromatic rings. The number of nitrogens with zero attached hydrogens (tertiary/aromatic N) is 2. The molecule has 3 rings (SSSR count). The summed E-state index contributed by atoms with van der Waals surface area (Å²) in [7, 11) is 2.92. The average Bonchev–Trinajstić information content (AvgIpc) is 3.16. The minimum absolute atomic E-state index is 0.131. The molecule has 0 saturated carbocycles. The topological polar surface area (TPSA) is 83.4 Å². The Hall–Kier alpha value is -3.35. The van der Waals surface area contributed by atoms with Crippen molar-refractivity contribution in [3.63, 3.8) is 0 Å². The summed E-state index contributed by atoms with van der Waals surface area (Å²) in [5.74, 6) is 1.00. The maximum atomic E-state index is 12.0. The molecule has 0 unspecified atom stereocenters. The number of esters is 1. The van der Waals surface area contributed by atoms with E-state index in [-0.39, 0.29) is 13.0 Å². The molecular formula is C20H20N2O5. The summed E-state index contributed by atoms with van der Waals surface area (Å²) in [6.45, 7) is -0.131. The lowest BCUT2D eigenvalue weighted by atomic mass is 10.2. The van der Waals surface area contributed by atoms with Gasteiger partial charge in [0.15, 0.2) is 0 Å². The SMILES string of the molecule is Cn1c(COC(=O)CCc2ccc(-c3ccccc3)o2)cc(=O)n(C)c1=O. The zero-order valence-electron chi connectivity index (χ0n) is 15.2. The van der Waals surface area contributed by atoms with Crippen molar-refractivity contribution in [3.05, 3.63) is 80.8 Å². The van der Waals surface area contributed by atoms with Crippen LogP contribution in [0.5, 0.6) is 0 Å². The fourth-order valence-electron chi connectivity index (χ4n) is 2.64. The van der Waals surface area contributed by atoms with Gasteiger partial charge in [-0.05, 0) is 12.1 Å². The lowest BCUT2D eigenvalue weighted by Gasteiger charge is -2.09. The summed E-state index contributed by atoms with van der Waals surface area (Å²) >= 11 is 0. The van der Waals surface area contributed by atoms with Gasteiger partial charge in [0, 0.05) is 32.1 Å². The van der Waals surface area contributed by atoms with Crippen molar-refractivity contribution in [1.82, 2.24) is 9.13 Å². The first-order chi connectivity index (χ1) is 13.0. The molecule has 2 heterocycles. The van der Waals surface area contributed by atoms with Crippen molar-refractivity contribution in [2.45, 2.75) is 19.4 Å². The lowest BCUT2D eigenvalue weighted by molar-refractivity contribution is -0.145. The number of aryl methyl sites for hydroxylation is 1. The molecular weight excluding hydrogens is 348 g/mol. The Morgan fingerprint density at radius 1 is 1.04 bits per heavy atom. The van der Waals surface area contributed by atoms with Crippen LogP contribution in [0.3, 0.4) is 0 Å². The van der Waals surface area contributed by atoms with Gasteiger partial charge in [-0.2, -0.15) is 0 Å². The number of hydrogen-bond acceptors (Lipinski definition) is 5. The maximum Gasteiger partial charge on any atom is 0.330 e. The monoisotopic (exact) mass is 368 g/mol. The normalized spacial score (nSPS) is 10.7. The number of aromatic nitrogens is 2. The number of carbonyl (C=O) groups is 1. The molecule has 7 nitrogen and oxygen atoms in total. The number of hydrogen-bond donors (Lipinski definition) is 0. The van der Waals surface area contributed by atoms with Gasteiger partial charge in [0.25, 0.3) is 5.56 Å². The fourth-order valence-corrected chi connectivity index (χ4v) is 2.64. The van der Waals surface area contributed by atoms with Gasteiger partial charge in [-0.3, -0.25) is 18.7 Å². The Bertz CT molecular complexity index is 1060. The Labute approximate surface area is 155 Å². The predicted octanol–water partition coefficient (Wildman–Crippen LogP) is 2.02. The van der Waals surface area contributed by atoms with E-state index in [1.807, 2.05) is 42.5 Å². The first kappa shape index (κ1) is 18.4. The van der Waals surface area contributed by atoms with Crippen molar-refractivity contribution in [2.24, 2.45) is 14.1 Å². The van der Waals surface area contributed by atoms with Crippen LogP contribution in [0.4, 0.5) is 0 Å². The van der Waals surface area contributed by atoms with Gasteiger partial charge < -0.3 is 9.15 Å². The standard InChI is InChI=1S/C20H20N2O5/c1-21-15(12-18(23)22(2)20(21)25)13-26-19(24)11-9-16-8-10-17(27-16)14-6-4-3-5-7-14/h3-8,10,12H,9,11,13H2,1-2H3. The lowest BCUT2D eigenvalue weighted by Crippen LogP contribution is -2.38. The van der Waals surface area contributed by atoms with Crippen LogP contribution >= 0.6 is 0 Å². The molecule has 0 aliphatic carbocycles. The summed E-state index contributed by atoms with van der Waals surface area (Å²) in [4.78, 5) is 35.5. The Kier molecular flexibility index (Phi) is 5.40. The van der Waals surface area contributed by atoms with E-state index in [9.17, 15) is 14.4 Å². The number of ether oxygens (including phenoxy) is 1. The fraction of sp³-hybridized carbons (Fsp3) is 0.250. The molecule has 27 heavy (non-hydrogen) atoms. The van der Waals surface area contributed by atoms with E-state index < -0.39 is 17.2 Å². The van der Waals surface area contributed by atoms with Gasteiger partial charge in [-0.15, -0.1) is 0 Å². The van der Waals surface area contributed by atoms with E-state index in [0.29, 0.717) is 17.9 Å². The van der Waals surface area contributed by atoms with Crippen molar-refractivity contribution < 1.29 is 13.9 Å². The second kappa shape index (κ2) is 7.90. The molecule has 0 aliphatic rings. The van der Waals surface area contributed by atoms with Gasteiger partial charge in [-0.1, -0.05) is 30.3 Å². The minimum Gasteiger partial charge on any atom is -0.461 e. The van der Waals surface area contributed by atoms with Crippen molar-refractivity contribution in [1.29, 1.82) is 0 Å². The second-order valence-electron chi connectivity index (χ2n) is 6.17. The van der Waals surface area contributed by atoms with E-state index in [2.05, 4.69) is 0 Å². The molecule has 0 bridgehead atoms. The number of furan rings is 1. The van der Waals surface area contributed by atoms with Crippen LogP contribution in [-0.4, -0.2) is 15.1 Å². The molecule has 0 aliphatic heterocycles. The van der Waals surface area contributed by atoms with Crippen molar-refractivity contribution >= 4 is 5.97 Å². The van der Waals surface area contributed by atoms with Crippen LogP contribution in [0, 0.1) is 0 Å². The molecule has 2 aromatic heterocycles. The van der Waals surface area contributed by atoms with Gasteiger partial charge >= 0.3 is 11.7 Å². The average molecular weight is 368 g/mol. The van der Waals surface area contributed by atoms with Crippen molar-refractivity contribution in [2.75, 3.05) is 0 Å². The molecule has 0 radical (unpaired) electrons. The third-order valence-corrected chi connectivity index (χ3v) is 4.30. The smallest absolute Gasteiger partial charge is 0.330 e. The zero-order valence-corrected chi connectivity index (χ0v) is 15.2. The number of carbonyl (C=O) groups excluding carboxylic acids is 1. The maximum absolute atomic E-state index is 12.0. The van der Waals surface area contributed by atoms with Crippen LogP contribution < -0.4 is 11.2 Å². The van der Waals surface area contributed by atoms with Crippen LogP contribution in [0.15, 0.2) is 62.5 Å². The highest BCUT2D eigenvalue weighted by molar-refractivity contribution is 5.69. The first-order valence-corrected chi connectivity index (χ1v) is 8.51. The second-order valence-corrected chi connectivity index (χ2v) is 6.17. The summed E-state index contributed by atoms with van der Waals surface area (Å²) in [5.41, 5.74) is 0.421. The Morgan fingerprint density at radius 2 is 1.78 bits per heavy atom. The number of rotatable bonds is 6. The summed E-state index contributed by atoms with van der Waals surface area (Å²) < 4.78 is 13.2. The molecule has 0 spiro atoms. The summed E-state index contributed by atoms with van der Waals surface area (Å²) in [6, 6.07) is 14.7. The highest BCUT2D eigenvalue weighted by Gasteiger charge is 2.11. The van der Waals surface area contributed by atoms with Crippen LogP contribution in [0.2, 0.25) is 0 Å². The predicted molar refractivity (Wildman–Crippen MR) is 99.2 cm³/mol. The van der Waals surface area contributed by atoms with E-state index in [1.54, 1.807) is 0 Å². The molecule has 1 aromatic carbocycles. The molecule has 0 N–H and O–H groups in total. The van der Waals surface area contributed by atoms with E-state index >= 15 is 0 Å². The molecule has 0 saturated heterocycles. The van der Waals surface area contributed by atoms with Gasteiger partial charge in [0.05, 0.1) is 12.1 Å². The van der Waals surface area contributed by atoms with Crippen LogP contribution in [0.1, 0.15) is 17.9 Å². The van der Waals surface area contributed by atoms with Gasteiger partial charge in [0.1, 0.15) is 18.1 Å². The summed E-state index contributed by atoms with van der Waals surface area (Å²) in [5, 5.41) is 0. The Morgan fingerprint density at radius 3 is 2.52 bits per heavy atom. The number of benzene rings is 1. The Balaban J connectivity index is 1.56. The third-order valence-electron chi connectivity index (χ3n) is 4.30. The van der Waals surface area contributed by atoms with Crippen LogP contribution in [-0.2, 0) is 36.7 Å². The summed E-state index contributed by atoms with van der Waals surface area (Å²) in [6.07, 6.45) is 0.543. The highest BCUT2D eigenvalue weighted by atomic mass is 16.5. The zero-order chi connectivity index (χ0) is 19.4. The molecule has 140 valence electrons. The van der Waals surface area contributed by atoms with Gasteiger partial charge in [-0.25, -0.2) is 4.79 Å². The van der Waals surface area contributed by atoms with E-state index in [0.717, 1.165) is 15.9 Å². The first-order valence-electron chi connectivity index (χ1n) is 8.51. The minimum atomic E-state index is -0.461. The molecule has 0 fully saturated rings. The van der Waals surface area contributed by atoms with Gasteiger partial charge in [0.2, 0.25) is 0 Å². The molecule has 0 atom stereocenters. The quantitative estimate of drug-likeness (QED) is 0.622. The largest absolute Gasteiger partial charge is 0.461 e. The third kappa shape index (κ3) is 4.25. The van der Waals surface area contributed by atoms with Crippen molar-refractivity contribution in [3.8, 4) is 11.3 Å². The highest BCUT2D eigenvalue weighted by Crippen LogP contribution is 2.22. The van der Waals surface area contributed by atoms with E-state index in [1.165, 1.54) is 24.7 Å². The van der Waals surface area contributed by atoms with E-state index in [4.69, 9.17) is 9.15 Å².